The first-order chi connectivity index (χ1) is 13.4. The monoisotopic (exact) mass is 562 g/mol. The Labute approximate surface area is 192 Å². The Hall–Kier alpha value is -1.25. The van der Waals surface area contributed by atoms with Gasteiger partial charge in [-0.3, -0.25) is 4.98 Å². The summed E-state index contributed by atoms with van der Waals surface area (Å²) in [6, 6.07) is 7.36. The van der Waals surface area contributed by atoms with E-state index in [4.69, 9.17) is 39.5 Å². The van der Waals surface area contributed by atoms with Gasteiger partial charge in [-0.05, 0) is 63.0 Å². The molecule has 2 aromatic carbocycles. The molecule has 0 saturated carbocycles. The lowest BCUT2D eigenvalue weighted by Crippen LogP contribution is -1.96. The molecule has 0 aliphatic rings. The Morgan fingerprint density at radius 2 is 1.36 bits per heavy atom. The minimum atomic E-state index is 0.340. The lowest BCUT2D eigenvalue weighted by molar-refractivity contribution is 0.327. The number of hydrogen-bond donors (Lipinski definition) is 0. The van der Waals surface area contributed by atoms with Crippen molar-refractivity contribution in [3.63, 3.8) is 0 Å². The lowest BCUT2D eigenvalue weighted by atomic mass is 10.3. The van der Waals surface area contributed by atoms with Gasteiger partial charge in [-0.25, -0.2) is 15.0 Å². The maximum atomic E-state index is 6.09. The van der Waals surface area contributed by atoms with Gasteiger partial charge in [-0.15, -0.1) is 0 Å². The number of aromatic nitrogens is 4. The second-order valence-electron chi connectivity index (χ2n) is 5.29. The fraction of sp³-hybridized carbons (Fsp3) is 0.111. The average Bonchev–Trinajstić information content (AvgIpc) is 2.69. The zero-order valence-corrected chi connectivity index (χ0v) is 19.7. The van der Waals surface area contributed by atoms with Crippen LogP contribution in [0.1, 0.15) is 6.92 Å². The average molecular weight is 565 g/mol. The molecule has 4 rings (SSSR count). The van der Waals surface area contributed by atoms with Gasteiger partial charge < -0.3 is 4.74 Å². The highest BCUT2D eigenvalue weighted by Crippen LogP contribution is 2.30. The van der Waals surface area contributed by atoms with E-state index in [9.17, 15) is 0 Å². The second-order valence-corrected chi connectivity index (χ2v) is 8.14. The third kappa shape index (κ3) is 4.83. The molecular weight excluding hydrogens is 554 g/mol. The standard InChI is InChI=1S/C10H8BrClN2O.C8H3BrCl2N2/c1-2-15-8-5-13-7-4-3-6(11)9(12)10(7)14-8;9-4-1-2-5-8(7(4)11)13-6(10)3-12-5/h3-5H,2H2,1H3;1-3H. The Kier molecular flexibility index (Phi) is 7.28. The molecule has 144 valence electrons. The van der Waals surface area contributed by atoms with Gasteiger partial charge in [0.05, 0.1) is 40.1 Å². The number of fused-ring (bicyclic) bond motifs is 2. The van der Waals surface area contributed by atoms with Gasteiger partial charge in [0.2, 0.25) is 5.88 Å². The van der Waals surface area contributed by atoms with Crippen LogP contribution in [-0.2, 0) is 0 Å². The number of hydrogen-bond acceptors (Lipinski definition) is 5. The van der Waals surface area contributed by atoms with Crippen molar-refractivity contribution in [2.45, 2.75) is 6.92 Å². The van der Waals surface area contributed by atoms with Crippen LogP contribution >= 0.6 is 66.7 Å². The first-order valence-electron chi connectivity index (χ1n) is 7.90. The largest absolute Gasteiger partial charge is 0.477 e. The smallest absolute Gasteiger partial charge is 0.232 e. The van der Waals surface area contributed by atoms with Crippen molar-refractivity contribution in [1.29, 1.82) is 0 Å². The Bertz CT molecular complexity index is 1160. The van der Waals surface area contributed by atoms with Gasteiger partial charge in [0.1, 0.15) is 16.2 Å². The minimum Gasteiger partial charge on any atom is -0.477 e. The molecule has 0 spiro atoms. The fourth-order valence-corrected chi connectivity index (χ4v) is 3.40. The molecular formula is C18H11Br2Cl3N4O. The molecule has 0 saturated heterocycles. The second kappa shape index (κ2) is 9.50. The SMILES string of the molecule is CCOc1cnc2ccc(Br)c(Cl)c2n1.Clc1cnc2ccc(Br)c(Cl)c2n1. The van der Waals surface area contributed by atoms with E-state index in [1.807, 2.05) is 31.2 Å². The molecule has 2 aromatic heterocycles. The van der Waals surface area contributed by atoms with E-state index in [0.717, 1.165) is 20.0 Å². The van der Waals surface area contributed by atoms with Crippen molar-refractivity contribution in [2.75, 3.05) is 6.61 Å². The molecule has 0 bridgehead atoms. The van der Waals surface area contributed by atoms with E-state index < -0.39 is 0 Å². The van der Waals surface area contributed by atoms with E-state index in [1.165, 1.54) is 6.20 Å². The normalized spacial score (nSPS) is 10.6. The number of rotatable bonds is 2. The van der Waals surface area contributed by atoms with E-state index >= 15 is 0 Å². The summed E-state index contributed by atoms with van der Waals surface area (Å²) in [6.45, 7) is 2.46. The zero-order chi connectivity index (χ0) is 20.3. The maximum Gasteiger partial charge on any atom is 0.232 e. The molecule has 4 aromatic rings. The first kappa shape index (κ1) is 21.5. The number of ether oxygens (including phenoxy) is 1. The van der Waals surface area contributed by atoms with Crippen LogP contribution in [0.3, 0.4) is 0 Å². The summed E-state index contributed by atoms with van der Waals surface area (Å²) in [5.41, 5.74) is 2.75. The third-order valence-electron chi connectivity index (χ3n) is 3.45. The van der Waals surface area contributed by atoms with Crippen molar-refractivity contribution < 1.29 is 4.74 Å². The molecule has 5 nitrogen and oxygen atoms in total. The van der Waals surface area contributed by atoms with Crippen LogP contribution in [0.5, 0.6) is 5.88 Å². The van der Waals surface area contributed by atoms with Crippen molar-refractivity contribution in [2.24, 2.45) is 0 Å². The van der Waals surface area contributed by atoms with Crippen LogP contribution in [-0.4, -0.2) is 26.5 Å². The molecule has 0 unspecified atom stereocenters. The highest BCUT2D eigenvalue weighted by molar-refractivity contribution is 9.10. The predicted octanol–water partition coefficient (Wildman–Crippen LogP) is 7.14. The maximum absolute atomic E-state index is 6.09. The van der Waals surface area contributed by atoms with Crippen LogP contribution in [0, 0.1) is 0 Å². The zero-order valence-electron chi connectivity index (χ0n) is 14.3. The fourth-order valence-electron chi connectivity index (χ4n) is 2.22. The van der Waals surface area contributed by atoms with Gasteiger partial charge in [0, 0.05) is 8.95 Å². The number of halogens is 5. The Morgan fingerprint density at radius 1 is 0.821 bits per heavy atom. The van der Waals surface area contributed by atoms with Crippen molar-refractivity contribution in [1.82, 2.24) is 19.9 Å². The number of benzene rings is 2. The van der Waals surface area contributed by atoms with Crippen LogP contribution in [0.15, 0.2) is 45.6 Å². The first-order valence-corrected chi connectivity index (χ1v) is 10.6. The third-order valence-corrected chi connectivity index (χ3v) is 6.18. The molecule has 0 aliphatic carbocycles. The van der Waals surface area contributed by atoms with E-state index in [2.05, 4.69) is 51.8 Å². The predicted molar refractivity (Wildman–Crippen MR) is 121 cm³/mol. The van der Waals surface area contributed by atoms with Gasteiger partial charge in [-0.1, -0.05) is 34.8 Å². The van der Waals surface area contributed by atoms with Crippen LogP contribution in [0.4, 0.5) is 0 Å². The van der Waals surface area contributed by atoms with Gasteiger partial charge in [-0.2, -0.15) is 0 Å². The molecule has 0 amide bonds. The van der Waals surface area contributed by atoms with Crippen molar-refractivity contribution in [3.8, 4) is 5.88 Å². The summed E-state index contributed by atoms with van der Waals surface area (Å²) in [7, 11) is 0. The Morgan fingerprint density at radius 3 is 1.93 bits per heavy atom. The minimum absolute atomic E-state index is 0.340. The molecule has 28 heavy (non-hydrogen) atoms. The highest BCUT2D eigenvalue weighted by atomic mass is 79.9. The van der Waals surface area contributed by atoms with Crippen LogP contribution in [0.2, 0.25) is 15.2 Å². The van der Waals surface area contributed by atoms with E-state index in [1.54, 1.807) is 6.20 Å². The van der Waals surface area contributed by atoms with Gasteiger partial charge >= 0.3 is 0 Å². The molecule has 0 atom stereocenters. The summed E-state index contributed by atoms with van der Waals surface area (Å²) < 4.78 is 6.86. The Balaban J connectivity index is 0.000000162. The van der Waals surface area contributed by atoms with Crippen molar-refractivity contribution >= 4 is 88.7 Å². The summed E-state index contributed by atoms with van der Waals surface area (Å²) in [5.74, 6) is 0.491. The summed E-state index contributed by atoms with van der Waals surface area (Å²) in [4.78, 5) is 16.6. The molecule has 10 heteroatoms. The molecule has 0 aliphatic heterocycles. The van der Waals surface area contributed by atoms with Gasteiger partial charge in [0.15, 0.2) is 0 Å². The molecule has 0 radical (unpaired) electrons. The summed E-state index contributed by atoms with van der Waals surface area (Å²) in [6.07, 6.45) is 3.09. The van der Waals surface area contributed by atoms with E-state index in [-0.39, 0.29) is 0 Å². The van der Waals surface area contributed by atoms with Crippen LogP contribution in [0.25, 0.3) is 22.1 Å². The molecule has 0 N–H and O–H groups in total. The van der Waals surface area contributed by atoms with Crippen LogP contribution < -0.4 is 4.74 Å². The highest BCUT2D eigenvalue weighted by Gasteiger charge is 2.07. The molecule has 2 heterocycles. The summed E-state index contributed by atoms with van der Waals surface area (Å²) in [5, 5.41) is 1.43. The lowest BCUT2D eigenvalue weighted by Gasteiger charge is -2.04. The molecule has 0 fully saturated rings. The van der Waals surface area contributed by atoms with E-state index in [0.29, 0.717) is 38.7 Å². The number of nitrogens with zero attached hydrogens (tertiary/aromatic N) is 4. The van der Waals surface area contributed by atoms with Gasteiger partial charge in [0.25, 0.3) is 0 Å². The summed E-state index contributed by atoms with van der Waals surface area (Å²) >= 11 is 24.4. The topological polar surface area (TPSA) is 60.8 Å². The quantitative estimate of drug-likeness (QED) is 0.259. The van der Waals surface area contributed by atoms with Crippen molar-refractivity contribution in [3.05, 3.63) is 60.8 Å².